The molecule has 0 unspecified atom stereocenters. The number of rotatable bonds is 3. The molecule has 3 nitrogen and oxygen atoms in total. The van der Waals surface area contributed by atoms with Crippen LogP contribution >= 0.6 is 15.9 Å². The Kier molecular flexibility index (Phi) is 3.97. The molecule has 0 saturated carbocycles. The van der Waals surface area contributed by atoms with E-state index >= 15 is 0 Å². The van der Waals surface area contributed by atoms with E-state index in [1.807, 2.05) is 6.07 Å². The Morgan fingerprint density at radius 3 is 2.73 bits per heavy atom. The predicted molar refractivity (Wildman–Crippen MR) is 55.6 cm³/mol. The van der Waals surface area contributed by atoms with Crippen molar-refractivity contribution in [3.05, 3.63) is 22.9 Å². The average Bonchev–Trinajstić information content (AvgIpc) is 2.16. The van der Waals surface area contributed by atoms with Gasteiger partial charge in [-0.2, -0.15) is 5.26 Å². The van der Waals surface area contributed by atoms with Gasteiger partial charge in [0.1, 0.15) is 5.82 Å². The molecule has 0 bridgehead atoms. The molecule has 1 rings (SSSR count). The van der Waals surface area contributed by atoms with Gasteiger partial charge in [0.15, 0.2) is 0 Å². The van der Waals surface area contributed by atoms with E-state index in [1.54, 1.807) is 0 Å². The molecule has 1 aromatic heterocycles. The van der Waals surface area contributed by atoms with E-state index in [0.29, 0.717) is 11.0 Å². The zero-order chi connectivity index (χ0) is 11.4. The van der Waals surface area contributed by atoms with Gasteiger partial charge in [-0.05, 0) is 11.6 Å². The number of hydrogen-bond donors (Lipinski definition) is 1. The maximum atomic E-state index is 12.6. The molecule has 0 aromatic carbocycles. The van der Waals surface area contributed by atoms with Crippen LogP contribution in [0.25, 0.3) is 0 Å². The minimum absolute atomic E-state index is 0.0909. The summed E-state index contributed by atoms with van der Waals surface area (Å²) in [6.45, 7) is 0. The Hall–Kier alpha value is -1.22. The van der Waals surface area contributed by atoms with Crippen molar-refractivity contribution < 1.29 is 8.78 Å². The second kappa shape index (κ2) is 5.03. The lowest BCUT2D eigenvalue weighted by molar-refractivity contribution is 0.151. The Bertz CT molecular complexity index is 401. The van der Waals surface area contributed by atoms with Gasteiger partial charge < -0.3 is 5.73 Å². The molecule has 0 radical (unpaired) electrons. The normalized spacial score (nSPS) is 10.3. The van der Waals surface area contributed by atoms with E-state index in [2.05, 4.69) is 20.9 Å². The van der Waals surface area contributed by atoms with Crippen LogP contribution in [0.3, 0.4) is 0 Å². The van der Waals surface area contributed by atoms with Crippen molar-refractivity contribution in [2.75, 3.05) is 5.73 Å². The van der Waals surface area contributed by atoms with Crippen LogP contribution in [0.4, 0.5) is 14.6 Å². The van der Waals surface area contributed by atoms with E-state index in [-0.39, 0.29) is 23.4 Å². The van der Waals surface area contributed by atoms with Gasteiger partial charge in [-0.1, -0.05) is 15.9 Å². The Morgan fingerprint density at radius 2 is 2.27 bits per heavy atom. The third kappa shape index (κ3) is 2.63. The number of aromatic nitrogens is 1. The highest BCUT2D eigenvalue weighted by atomic mass is 79.9. The molecule has 2 N–H and O–H groups in total. The summed E-state index contributed by atoms with van der Waals surface area (Å²) in [4.78, 5) is 3.80. The number of hydrogen-bond acceptors (Lipinski definition) is 3. The zero-order valence-corrected chi connectivity index (χ0v) is 9.26. The van der Waals surface area contributed by atoms with Gasteiger partial charge in [0, 0.05) is 5.33 Å². The van der Waals surface area contributed by atoms with Crippen LogP contribution < -0.4 is 5.73 Å². The topological polar surface area (TPSA) is 62.7 Å². The third-order valence-corrected chi connectivity index (χ3v) is 2.43. The number of nitrogens with two attached hydrogens (primary N) is 1. The number of nitrogen functional groups attached to an aromatic ring is 1. The van der Waals surface area contributed by atoms with Crippen LogP contribution in [0, 0.1) is 11.3 Å². The Labute approximate surface area is 94.0 Å². The Balaban J connectivity index is 3.30. The first-order valence-corrected chi connectivity index (χ1v) is 5.21. The largest absolute Gasteiger partial charge is 0.383 e. The first kappa shape index (κ1) is 11.9. The number of nitrogens with zero attached hydrogens (tertiary/aromatic N) is 2. The lowest BCUT2D eigenvalue weighted by Crippen LogP contribution is -2.05. The summed E-state index contributed by atoms with van der Waals surface area (Å²) in [6, 6.07) is 3.29. The molecule has 0 atom stereocenters. The fourth-order valence-electron chi connectivity index (χ4n) is 1.24. The molecule has 1 aromatic rings. The molecular weight excluding hydrogens is 268 g/mol. The molecule has 0 amide bonds. The smallest absolute Gasteiger partial charge is 0.267 e. The Morgan fingerprint density at radius 1 is 1.60 bits per heavy atom. The average molecular weight is 276 g/mol. The summed E-state index contributed by atoms with van der Waals surface area (Å²) in [7, 11) is 0. The molecule has 0 saturated heterocycles. The molecule has 6 heteroatoms. The van der Waals surface area contributed by atoms with Gasteiger partial charge >= 0.3 is 0 Å². The molecule has 0 fully saturated rings. The zero-order valence-electron chi connectivity index (χ0n) is 7.67. The summed E-state index contributed by atoms with van der Waals surface area (Å²) in [5.74, 6) is -0.202. The van der Waals surface area contributed by atoms with Crippen LogP contribution in [0.2, 0.25) is 0 Å². The highest BCUT2D eigenvalue weighted by molar-refractivity contribution is 9.08. The van der Waals surface area contributed by atoms with Gasteiger partial charge in [0.05, 0.1) is 23.7 Å². The lowest BCUT2D eigenvalue weighted by atomic mass is 10.1. The molecular formula is C9H8BrF2N3. The summed E-state index contributed by atoms with van der Waals surface area (Å²) in [5, 5.41) is 8.93. The van der Waals surface area contributed by atoms with E-state index in [4.69, 9.17) is 11.0 Å². The van der Waals surface area contributed by atoms with Crippen LogP contribution in [0.5, 0.6) is 0 Å². The van der Waals surface area contributed by atoms with Gasteiger partial charge in [0.2, 0.25) is 0 Å². The summed E-state index contributed by atoms with van der Waals surface area (Å²) < 4.78 is 25.2. The fourth-order valence-corrected chi connectivity index (χ4v) is 1.53. The van der Waals surface area contributed by atoms with Crippen LogP contribution in [-0.2, 0) is 11.8 Å². The summed E-state index contributed by atoms with van der Waals surface area (Å²) in [6.07, 6.45) is -2.79. The van der Waals surface area contributed by atoms with Gasteiger partial charge in [-0.25, -0.2) is 13.8 Å². The van der Waals surface area contributed by atoms with E-state index in [0.717, 1.165) is 0 Å². The molecule has 0 aliphatic rings. The van der Waals surface area contributed by atoms with Gasteiger partial charge in [0.25, 0.3) is 6.43 Å². The number of pyridine rings is 1. The molecule has 15 heavy (non-hydrogen) atoms. The quantitative estimate of drug-likeness (QED) is 0.863. The fraction of sp³-hybridized carbons (Fsp3) is 0.333. The number of alkyl halides is 3. The van der Waals surface area contributed by atoms with Crippen molar-refractivity contribution >= 4 is 21.7 Å². The first-order valence-electron chi connectivity index (χ1n) is 4.09. The van der Waals surface area contributed by atoms with Crippen molar-refractivity contribution in [2.45, 2.75) is 18.2 Å². The highest BCUT2D eigenvalue weighted by Crippen LogP contribution is 2.28. The van der Waals surface area contributed by atoms with Crippen molar-refractivity contribution in [3.8, 4) is 6.07 Å². The minimum atomic E-state index is -2.70. The minimum Gasteiger partial charge on any atom is -0.383 e. The van der Waals surface area contributed by atoms with Crippen molar-refractivity contribution in [2.24, 2.45) is 0 Å². The molecule has 0 aliphatic heterocycles. The maximum Gasteiger partial charge on any atom is 0.267 e. The van der Waals surface area contributed by atoms with E-state index < -0.39 is 6.43 Å². The SMILES string of the molecule is N#CCc1cc(CBr)nc(N)c1C(F)F. The van der Waals surface area contributed by atoms with Crippen LogP contribution in [-0.4, -0.2) is 4.98 Å². The van der Waals surface area contributed by atoms with Gasteiger partial charge in [-0.3, -0.25) is 0 Å². The summed E-state index contributed by atoms with van der Waals surface area (Å²) >= 11 is 3.15. The van der Waals surface area contributed by atoms with Crippen molar-refractivity contribution in [1.82, 2.24) is 4.98 Å². The number of anilines is 1. The highest BCUT2D eigenvalue weighted by Gasteiger charge is 2.18. The second-order valence-corrected chi connectivity index (χ2v) is 3.40. The maximum absolute atomic E-state index is 12.6. The predicted octanol–water partition coefficient (Wildman–Crippen LogP) is 2.56. The third-order valence-electron chi connectivity index (χ3n) is 1.85. The molecule has 1 heterocycles. The van der Waals surface area contributed by atoms with Crippen molar-refractivity contribution in [1.29, 1.82) is 5.26 Å². The standard InChI is InChI=1S/C9H8BrF2N3/c10-4-6-3-5(1-2-13)7(8(11)12)9(14)15-6/h3,8H,1,4H2,(H2,14,15). The van der Waals surface area contributed by atoms with Crippen LogP contribution in [0.15, 0.2) is 6.07 Å². The van der Waals surface area contributed by atoms with E-state index in [1.165, 1.54) is 6.07 Å². The number of nitriles is 1. The molecule has 0 spiro atoms. The molecule has 0 aliphatic carbocycles. The van der Waals surface area contributed by atoms with Gasteiger partial charge in [-0.15, -0.1) is 0 Å². The molecule has 80 valence electrons. The first-order chi connectivity index (χ1) is 7.10. The van der Waals surface area contributed by atoms with E-state index in [9.17, 15) is 8.78 Å². The van der Waals surface area contributed by atoms with Crippen molar-refractivity contribution in [3.63, 3.8) is 0 Å². The lowest BCUT2D eigenvalue weighted by Gasteiger charge is -2.10. The number of halogens is 3. The summed E-state index contributed by atoms with van der Waals surface area (Å²) in [5.41, 5.74) is 5.86. The monoisotopic (exact) mass is 275 g/mol. The second-order valence-electron chi connectivity index (χ2n) is 2.84. The van der Waals surface area contributed by atoms with Crippen LogP contribution in [0.1, 0.15) is 23.2 Å².